The topological polar surface area (TPSA) is 92.4 Å². The predicted octanol–water partition coefficient (Wildman–Crippen LogP) is 1.37. The Kier molecular flexibility index (Phi) is 5.51. The van der Waals surface area contributed by atoms with Crippen molar-refractivity contribution in [1.29, 1.82) is 0 Å². The molecule has 1 amide bonds. The molecule has 5 heteroatoms. The van der Waals surface area contributed by atoms with Crippen LogP contribution in [0.4, 0.5) is 0 Å². The van der Waals surface area contributed by atoms with Gasteiger partial charge in [0.05, 0.1) is 11.6 Å². The molecule has 1 aromatic rings. The second-order valence-electron chi connectivity index (χ2n) is 4.96. The van der Waals surface area contributed by atoms with E-state index >= 15 is 0 Å². The van der Waals surface area contributed by atoms with Crippen molar-refractivity contribution in [3.05, 3.63) is 35.4 Å². The fourth-order valence-corrected chi connectivity index (χ4v) is 1.75. The Bertz CT molecular complexity index is 458. The van der Waals surface area contributed by atoms with Gasteiger partial charge in [-0.1, -0.05) is 26.0 Å². The molecular formula is C14H20N2O3. The Morgan fingerprint density at radius 1 is 1.37 bits per heavy atom. The maximum absolute atomic E-state index is 11.7. The van der Waals surface area contributed by atoms with E-state index in [4.69, 9.17) is 10.8 Å². The quantitative estimate of drug-likeness (QED) is 0.723. The fraction of sp³-hybridized carbons (Fsp3) is 0.429. The fourth-order valence-electron chi connectivity index (χ4n) is 1.75. The van der Waals surface area contributed by atoms with Crippen LogP contribution in [0.3, 0.4) is 0 Å². The van der Waals surface area contributed by atoms with E-state index in [1.807, 2.05) is 13.8 Å². The second-order valence-corrected chi connectivity index (χ2v) is 4.96. The van der Waals surface area contributed by atoms with Gasteiger partial charge >= 0.3 is 5.97 Å². The Morgan fingerprint density at radius 2 is 2.05 bits per heavy atom. The van der Waals surface area contributed by atoms with E-state index in [-0.39, 0.29) is 18.0 Å². The highest BCUT2D eigenvalue weighted by atomic mass is 16.4. The summed E-state index contributed by atoms with van der Waals surface area (Å²) < 4.78 is 0. The lowest BCUT2D eigenvalue weighted by Crippen LogP contribution is -2.41. The van der Waals surface area contributed by atoms with Crippen LogP contribution in [0, 0.1) is 5.92 Å². The van der Waals surface area contributed by atoms with E-state index in [0.717, 1.165) is 5.56 Å². The van der Waals surface area contributed by atoms with E-state index in [2.05, 4.69) is 5.32 Å². The summed E-state index contributed by atoms with van der Waals surface area (Å²) in [4.78, 5) is 22.5. The molecule has 0 radical (unpaired) electrons. The van der Waals surface area contributed by atoms with Gasteiger partial charge in [-0.2, -0.15) is 0 Å². The molecule has 0 aromatic heterocycles. The number of carboxylic acids is 1. The SMILES string of the molecule is CC(C)C[C@@H](N)C(=O)NCc1cccc(C(=O)O)c1. The zero-order valence-electron chi connectivity index (χ0n) is 11.2. The summed E-state index contributed by atoms with van der Waals surface area (Å²) in [6, 6.07) is 5.94. The molecule has 0 heterocycles. The Hall–Kier alpha value is -1.88. The lowest BCUT2D eigenvalue weighted by molar-refractivity contribution is -0.122. The molecule has 0 unspecified atom stereocenters. The summed E-state index contributed by atoms with van der Waals surface area (Å²) in [6.07, 6.45) is 0.626. The number of aromatic carboxylic acids is 1. The maximum Gasteiger partial charge on any atom is 0.335 e. The molecule has 5 nitrogen and oxygen atoms in total. The lowest BCUT2D eigenvalue weighted by Gasteiger charge is -2.14. The third kappa shape index (κ3) is 5.09. The van der Waals surface area contributed by atoms with Crippen molar-refractivity contribution in [3.8, 4) is 0 Å². The molecule has 4 N–H and O–H groups in total. The number of nitrogens with one attached hydrogen (secondary N) is 1. The van der Waals surface area contributed by atoms with E-state index in [1.165, 1.54) is 12.1 Å². The Morgan fingerprint density at radius 3 is 2.63 bits per heavy atom. The van der Waals surface area contributed by atoms with Gasteiger partial charge in [0, 0.05) is 6.54 Å². The van der Waals surface area contributed by atoms with E-state index in [1.54, 1.807) is 12.1 Å². The standard InChI is InChI=1S/C14H20N2O3/c1-9(2)6-12(15)13(17)16-8-10-4-3-5-11(7-10)14(18)19/h3-5,7,9,12H,6,8,15H2,1-2H3,(H,16,17)(H,18,19)/t12-/m1/s1. The summed E-state index contributed by atoms with van der Waals surface area (Å²) >= 11 is 0. The lowest BCUT2D eigenvalue weighted by atomic mass is 10.0. The average Bonchev–Trinajstić information content (AvgIpc) is 2.35. The number of hydrogen-bond acceptors (Lipinski definition) is 3. The van der Waals surface area contributed by atoms with Crippen molar-refractivity contribution in [3.63, 3.8) is 0 Å². The highest BCUT2D eigenvalue weighted by Gasteiger charge is 2.14. The summed E-state index contributed by atoms with van der Waals surface area (Å²) in [5.74, 6) is -0.838. The van der Waals surface area contributed by atoms with Crippen LogP contribution in [-0.4, -0.2) is 23.0 Å². The highest BCUT2D eigenvalue weighted by Crippen LogP contribution is 2.06. The molecule has 0 aliphatic carbocycles. The van der Waals surface area contributed by atoms with Crippen LogP contribution < -0.4 is 11.1 Å². The minimum atomic E-state index is -0.982. The molecule has 0 spiro atoms. The van der Waals surface area contributed by atoms with Crippen molar-refractivity contribution in [2.24, 2.45) is 11.7 Å². The molecule has 0 bridgehead atoms. The smallest absolute Gasteiger partial charge is 0.335 e. The minimum Gasteiger partial charge on any atom is -0.478 e. The van der Waals surface area contributed by atoms with Crippen molar-refractivity contribution in [1.82, 2.24) is 5.32 Å². The van der Waals surface area contributed by atoms with Gasteiger partial charge in [0.1, 0.15) is 0 Å². The van der Waals surface area contributed by atoms with Crippen LogP contribution in [0.5, 0.6) is 0 Å². The normalized spacial score (nSPS) is 12.2. The van der Waals surface area contributed by atoms with Crippen LogP contribution >= 0.6 is 0 Å². The minimum absolute atomic E-state index is 0.207. The van der Waals surface area contributed by atoms with Crippen LogP contribution in [0.1, 0.15) is 36.2 Å². The van der Waals surface area contributed by atoms with Crippen molar-refractivity contribution in [2.45, 2.75) is 32.9 Å². The van der Waals surface area contributed by atoms with Gasteiger partial charge in [-0.05, 0) is 30.0 Å². The average molecular weight is 264 g/mol. The number of nitrogens with two attached hydrogens (primary N) is 1. The zero-order valence-corrected chi connectivity index (χ0v) is 11.2. The molecule has 1 atom stereocenters. The summed E-state index contributed by atoms with van der Waals surface area (Å²) in [6.45, 7) is 4.29. The maximum atomic E-state index is 11.7. The van der Waals surface area contributed by atoms with Crippen LogP contribution in [-0.2, 0) is 11.3 Å². The Balaban J connectivity index is 2.54. The predicted molar refractivity (Wildman–Crippen MR) is 72.7 cm³/mol. The largest absolute Gasteiger partial charge is 0.478 e. The molecule has 0 aliphatic heterocycles. The van der Waals surface area contributed by atoms with Gasteiger partial charge in [0.15, 0.2) is 0 Å². The number of rotatable bonds is 6. The van der Waals surface area contributed by atoms with E-state index < -0.39 is 12.0 Å². The number of carboxylic acid groups (broad SMARTS) is 1. The van der Waals surface area contributed by atoms with Crippen LogP contribution in [0.15, 0.2) is 24.3 Å². The van der Waals surface area contributed by atoms with Crippen molar-refractivity contribution in [2.75, 3.05) is 0 Å². The van der Waals surface area contributed by atoms with Crippen molar-refractivity contribution < 1.29 is 14.7 Å². The number of carbonyl (C=O) groups excluding carboxylic acids is 1. The second kappa shape index (κ2) is 6.89. The molecule has 1 rings (SSSR count). The molecular weight excluding hydrogens is 244 g/mol. The van der Waals surface area contributed by atoms with E-state index in [9.17, 15) is 9.59 Å². The summed E-state index contributed by atoms with van der Waals surface area (Å²) in [5.41, 5.74) is 6.70. The molecule has 104 valence electrons. The van der Waals surface area contributed by atoms with Crippen molar-refractivity contribution >= 4 is 11.9 Å². The number of benzene rings is 1. The molecule has 0 aliphatic rings. The first-order valence-electron chi connectivity index (χ1n) is 6.25. The first kappa shape index (κ1) is 15.2. The molecule has 0 saturated heterocycles. The van der Waals surface area contributed by atoms with Gasteiger partial charge < -0.3 is 16.2 Å². The summed E-state index contributed by atoms with van der Waals surface area (Å²) in [5, 5.41) is 11.6. The van der Waals surface area contributed by atoms with Gasteiger partial charge in [-0.3, -0.25) is 4.79 Å². The first-order chi connectivity index (χ1) is 8.90. The van der Waals surface area contributed by atoms with Crippen LogP contribution in [0.2, 0.25) is 0 Å². The molecule has 0 saturated carbocycles. The Labute approximate surface area is 112 Å². The number of hydrogen-bond donors (Lipinski definition) is 3. The highest BCUT2D eigenvalue weighted by molar-refractivity contribution is 5.87. The van der Waals surface area contributed by atoms with Gasteiger partial charge in [-0.15, -0.1) is 0 Å². The third-order valence-electron chi connectivity index (χ3n) is 2.70. The monoisotopic (exact) mass is 264 g/mol. The van der Waals surface area contributed by atoms with Gasteiger partial charge in [-0.25, -0.2) is 4.79 Å². The zero-order chi connectivity index (χ0) is 14.4. The van der Waals surface area contributed by atoms with Crippen LogP contribution in [0.25, 0.3) is 0 Å². The molecule has 0 fully saturated rings. The number of carbonyl (C=O) groups is 2. The molecule has 1 aromatic carbocycles. The third-order valence-corrected chi connectivity index (χ3v) is 2.70. The first-order valence-corrected chi connectivity index (χ1v) is 6.25. The van der Waals surface area contributed by atoms with Gasteiger partial charge in [0.2, 0.25) is 5.91 Å². The summed E-state index contributed by atoms with van der Waals surface area (Å²) in [7, 11) is 0. The van der Waals surface area contributed by atoms with Gasteiger partial charge in [0.25, 0.3) is 0 Å². The van der Waals surface area contributed by atoms with E-state index in [0.29, 0.717) is 12.3 Å². The number of amides is 1. The molecule has 19 heavy (non-hydrogen) atoms.